The van der Waals surface area contributed by atoms with Crippen molar-refractivity contribution in [3.8, 4) is 11.5 Å². The van der Waals surface area contributed by atoms with Crippen LogP contribution in [0, 0.1) is 0 Å². The average Bonchev–Trinajstić information content (AvgIpc) is 2.23. The molecule has 1 rings (SSSR count). The standard InChI is InChI=1S/C12H14O4/c1-2-16-12(15)8-3-5-9-10(13)6-4-7-11(9)14/h3-7,13-14H,2,8H2,1H3. The molecule has 0 aliphatic rings. The number of aromatic hydroxyl groups is 2. The fraction of sp³-hybridized carbons (Fsp3) is 0.250. The smallest absolute Gasteiger partial charge is 0.309 e. The third kappa shape index (κ3) is 3.31. The van der Waals surface area contributed by atoms with Crippen LogP contribution in [0.15, 0.2) is 24.3 Å². The van der Waals surface area contributed by atoms with Gasteiger partial charge in [-0.2, -0.15) is 0 Å². The Balaban J connectivity index is 2.66. The van der Waals surface area contributed by atoms with Crippen LogP contribution < -0.4 is 0 Å². The minimum Gasteiger partial charge on any atom is -0.507 e. The molecule has 0 bridgehead atoms. The third-order valence-electron chi connectivity index (χ3n) is 1.93. The third-order valence-corrected chi connectivity index (χ3v) is 1.93. The van der Waals surface area contributed by atoms with Crippen molar-refractivity contribution < 1.29 is 19.7 Å². The molecule has 0 atom stereocenters. The molecule has 1 aromatic carbocycles. The number of benzene rings is 1. The fourth-order valence-corrected chi connectivity index (χ4v) is 1.20. The first kappa shape index (κ1) is 12.1. The van der Waals surface area contributed by atoms with Crippen molar-refractivity contribution in [2.75, 3.05) is 6.61 Å². The number of carbonyl (C=O) groups is 1. The maximum Gasteiger partial charge on any atom is 0.309 e. The van der Waals surface area contributed by atoms with E-state index in [0.717, 1.165) is 0 Å². The summed E-state index contributed by atoms with van der Waals surface area (Å²) in [5.41, 5.74) is 0.298. The largest absolute Gasteiger partial charge is 0.507 e. The molecular formula is C12H14O4. The summed E-state index contributed by atoms with van der Waals surface area (Å²) in [7, 11) is 0. The average molecular weight is 222 g/mol. The molecule has 0 spiro atoms. The molecule has 0 amide bonds. The van der Waals surface area contributed by atoms with E-state index < -0.39 is 0 Å². The highest BCUT2D eigenvalue weighted by atomic mass is 16.5. The summed E-state index contributed by atoms with van der Waals surface area (Å²) in [6.45, 7) is 2.07. The van der Waals surface area contributed by atoms with Crippen molar-refractivity contribution in [1.29, 1.82) is 0 Å². The van der Waals surface area contributed by atoms with Gasteiger partial charge in [0.2, 0.25) is 0 Å². The Morgan fingerprint density at radius 3 is 2.56 bits per heavy atom. The van der Waals surface area contributed by atoms with Crippen LogP contribution in [-0.4, -0.2) is 22.8 Å². The maximum atomic E-state index is 11.0. The van der Waals surface area contributed by atoms with Gasteiger partial charge < -0.3 is 14.9 Å². The second-order valence-corrected chi connectivity index (χ2v) is 3.12. The fourth-order valence-electron chi connectivity index (χ4n) is 1.20. The number of esters is 1. The number of ether oxygens (including phenoxy) is 1. The van der Waals surface area contributed by atoms with Gasteiger partial charge in [0, 0.05) is 0 Å². The first-order valence-corrected chi connectivity index (χ1v) is 4.98. The van der Waals surface area contributed by atoms with E-state index in [4.69, 9.17) is 4.74 Å². The highest BCUT2D eigenvalue weighted by molar-refractivity contribution is 5.73. The first-order valence-electron chi connectivity index (χ1n) is 4.98. The van der Waals surface area contributed by atoms with E-state index in [1.165, 1.54) is 30.4 Å². The Morgan fingerprint density at radius 1 is 1.38 bits per heavy atom. The van der Waals surface area contributed by atoms with Crippen molar-refractivity contribution in [2.24, 2.45) is 0 Å². The predicted octanol–water partition coefficient (Wildman–Crippen LogP) is 2.06. The lowest BCUT2D eigenvalue weighted by Crippen LogP contribution is -2.01. The molecule has 86 valence electrons. The van der Waals surface area contributed by atoms with Crippen LogP contribution in [0.25, 0.3) is 6.08 Å². The molecule has 1 aromatic rings. The number of carbonyl (C=O) groups excluding carboxylic acids is 1. The minimum absolute atomic E-state index is 0.0277. The van der Waals surface area contributed by atoms with Crippen molar-refractivity contribution in [3.05, 3.63) is 29.8 Å². The molecule has 0 saturated carbocycles. The van der Waals surface area contributed by atoms with Crippen LogP contribution in [0.3, 0.4) is 0 Å². The first-order chi connectivity index (χ1) is 7.65. The summed E-state index contributed by atoms with van der Waals surface area (Å²) in [6, 6.07) is 4.46. The van der Waals surface area contributed by atoms with Crippen LogP contribution in [0.5, 0.6) is 11.5 Å². The Kier molecular flexibility index (Phi) is 4.39. The molecule has 0 radical (unpaired) electrons. The van der Waals surface area contributed by atoms with Gasteiger partial charge in [-0.1, -0.05) is 18.2 Å². The van der Waals surface area contributed by atoms with Crippen LogP contribution in [0.1, 0.15) is 18.9 Å². The van der Waals surface area contributed by atoms with Gasteiger partial charge in [0.05, 0.1) is 18.6 Å². The van der Waals surface area contributed by atoms with Gasteiger partial charge in [0.1, 0.15) is 11.5 Å². The second-order valence-electron chi connectivity index (χ2n) is 3.12. The van der Waals surface area contributed by atoms with Crippen LogP contribution in [-0.2, 0) is 9.53 Å². The molecule has 0 unspecified atom stereocenters. The maximum absolute atomic E-state index is 11.0. The zero-order valence-electron chi connectivity index (χ0n) is 9.01. The molecule has 4 heteroatoms. The van der Waals surface area contributed by atoms with Crippen molar-refractivity contribution in [1.82, 2.24) is 0 Å². The van der Waals surface area contributed by atoms with E-state index >= 15 is 0 Å². The molecule has 0 aliphatic heterocycles. The highest BCUT2D eigenvalue weighted by Gasteiger charge is 2.03. The SMILES string of the molecule is CCOC(=O)CC=Cc1c(O)cccc1O. The normalized spacial score (nSPS) is 10.6. The molecule has 0 fully saturated rings. The summed E-state index contributed by atoms with van der Waals surface area (Å²) in [6.07, 6.45) is 3.13. The summed E-state index contributed by atoms with van der Waals surface area (Å²) in [4.78, 5) is 11.0. The molecule has 16 heavy (non-hydrogen) atoms. The topological polar surface area (TPSA) is 66.8 Å². The van der Waals surface area contributed by atoms with Gasteiger partial charge in [-0.05, 0) is 19.1 Å². The Hall–Kier alpha value is -1.97. The summed E-state index contributed by atoms with van der Waals surface area (Å²) in [5.74, 6) is -0.395. The van der Waals surface area contributed by atoms with Gasteiger partial charge in [0.15, 0.2) is 0 Å². The quantitative estimate of drug-likeness (QED) is 0.765. The van der Waals surface area contributed by atoms with E-state index in [2.05, 4.69) is 0 Å². The lowest BCUT2D eigenvalue weighted by molar-refractivity contribution is -0.142. The summed E-state index contributed by atoms with van der Waals surface area (Å²) >= 11 is 0. The second kappa shape index (κ2) is 5.80. The minimum atomic E-state index is -0.339. The van der Waals surface area contributed by atoms with E-state index in [-0.39, 0.29) is 23.9 Å². The zero-order valence-corrected chi connectivity index (χ0v) is 9.01. The number of phenols is 2. The molecular weight excluding hydrogens is 208 g/mol. The van der Waals surface area contributed by atoms with Gasteiger partial charge in [-0.15, -0.1) is 0 Å². The van der Waals surface area contributed by atoms with Crippen molar-refractivity contribution >= 4 is 12.0 Å². The van der Waals surface area contributed by atoms with Crippen molar-refractivity contribution in [2.45, 2.75) is 13.3 Å². The molecule has 0 saturated heterocycles. The molecule has 4 nitrogen and oxygen atoms in total. The van der Waals surface area contributed by atoms with Crippen molar-refractivity contribution in [3.63, 3.8) is 0 Å². The van der Waals surface area contributed by atoms with Gasteiger partial charge in [-0.25, -0.2) is 0 Å². The predicted molar refractivity (Wildman–Crippen MR) is 60.1 cm³/mol. The molecule has 0 aromatic heterocycles. The number of rotatable bonds is 4. The van der Waals surface area contributed by atoms with E-state index in [1.54, 1.807) is 6.92 Å². The van der Waals surface area contributed by atoms with E-state index in [0.29, 0.717) is 12.2 Å². The highest BCUT2D eigenvalue weighted by Crippen LogP contribution is 2.27. The Morgan fingerprint density at radius 2 is 2.00 bits per heavy atom. The number of phenolic OH excluding ortho intramolecular Hbond substituents is 2. The van der Waals surface area contributed by atoms with Gasteiger partial charge >= 0.3 is 5.97 Å². The van der Waals surface area contributed by atoms with Gasteiger partial charge in [0.25, 0.3) is 0 Å². The van der Waals surface area contributed by atoms with Crippen LogP contribution in [0.2, 0.25) is 0 Å². The lowest BCUT2D eigenvalue weighted by Gasteiger charge is -2.01. The Labute approximate surface area is 93.8 Å². The van der Waals surface area contributed by atoms with Crippen LogP contribution >= 0.6 is 0 Å². The van der Waals surface area contributed by atoms with E-state index in [1.807, 2.05) is 0 Å². The number of hydrogen-bond donors (Lipinski definition) is 2. The summed E-state index contributed by atoms with van der Waals surface area (Å²) in [5, 5.41) is 18.9. The zero-order chi connectivity index (χ0) is 12.0. The molecule has 0 heterocycles. The number of hydrogen-bond acceptors (Lipinski definition) is 4. The van der Waals surface area contributed by atoms with Gasteiger partial charge in [-0.3, -0.25) is 4.79 Å². The van der Waals surface area contributed by atoms with Crippen LogP contribution in [0.4, 0.5) is 0 Å². The van der Waals surface area contributed by atoms with E-state index in [9.17, 15) is 15.0 Å². The molecule has 0 aliphatic carbocycles. The molecule has 2 N–H and O–H groups in total. The summed E-state index contributed by atoms with van der Waals surface area (Å²) < 4.78 is 4.73. The monoisotopic (exact) mass is 222 g/mol. The lowest BCUT2D eigenvalue weighted by atomic mass is 10.1. The Bertz CT molecular complexity index is 376.